The standard InChI is InChI=1S/C27H30N2O4S/c30-24(28-21-6-2-1-3-7-21)16-33-26(32)22-8-4-5-9-23(22)34-17-25(31)29-27-13-18-10-19(14-27)12-20(11-18)15-27/h1-9,18-20H,10-17H2,(H,28,30)(H,29,31). The Hall–Kier alpha value is -2.80. The lowest BCUT2D eigenvalue weighted by atomic mass is 9.53. The van der Waals surface area contributed by atoms with Gasteiger partial charge in [0.25, 0.3) is 5.91 Å². The van der Waals surface area contributed by atoms with E-state index in [1.54, 1.807) is 24.3 Å². The average molecular weight is 479 g/mol. The molecule has 4 saturated carbocycles. The number of anilines is 1. The number of hydrogen-bond donors (Lipinski definition) is 2. The summed E-state index contributed by atoms with van der Waals surface area (Å²) >= 11 is 1.34. The van der Waals surface area contributed by atoms with Gasteiger partial charge in [0.05, 0.1) is 11.3 Å². The van der Waals surface area contributed by atoms with E-state index in [9.17, 15) is 14.4 Å². The predicted octanol–water partition coefficient (Wildman–Crippen LogP) is 4.66. The van der Waals surface area contributed by atoms with Gasteiger partial charge in [0.15, 0.2) is 6.61 Å². The molecule has 6 nitrogen and oxygen atoms in total. The van der Waals surface area contributed by atoms with Crippen molar-refractivity contribution in [1.82, 2.24) is 5.32 Å². The largest absolute Gasteiger partial charge is 0.452 e. The molecule has 4 aliphatic rings. The Morgan fingerprint density at radius 3 is 2.15 bits per heavy atom. The lowest BCUT2D eigenvalue weighted by Crippen LogP contribution is -2.60. The van der Waals surface area contributed by atoms with Gasteiger partial charge >= 0.3 is 5.97 Å². The van der Waals surface area contributed by atoms with Crippen molar-refractivity contribution in [3.63, 3.8) is 0 Å². The highest BCUT2D eigenvalue weighted by atomic mass is 32.2. The second-order valence-electron chi connectivity index (χ2n) is 10.0. The number of rotatable bonds is 8. The van der Waals surface area contributed by atoms with Crippen molar-refractivity contribution in [3.8, 4) is 0 Å². The molecule has 0 unspecified atom stereocenters. The van der Waals surface area contributed by atoms with Gasteiger partial charge in [0.1, 0.15) is 0 Å². The van der Waals surface area contributed by atoms with Gasteiger partial charge in [-0.2, -0.15) is 0 Å². The molecule has 0 spiro atoms. The molecule has 0 aromatic heterocycles. The van der Waals surface area contributed by atoms with Crippen molar-refractivity contribution in [2.24, 2.45) is 17.8 Å². The van der Waals surface area contributed by atoms with Crippen LogP contribution in [0.15, 0.2) is 59.5 Å². The third-order valence-electron chi connectivity index (χ3n) is 7.30. The number of para-hydroxylation sites is 1. The first-order valence-electron chi connectivity index (χ1n) is 12.0. The molecule has 2 N–H and O–H groups in total. The average Bonchev–Trinajstić information content (AvgIpc) is 2.81. The van der Waals surface area contributed by atoms with Gasteiger partial charge in [-0.25, -0.2) is 4.79 Å². The van der Waals surface area contributed by atoms with Crippen LogP contribution in [-0.4, -0.2) is 35.7 Å². The van der Waals surface area contributed by atoms with Crippen LogP contribution in [0.1, 0.15) is 48.9 Å². The molecular weight excluding hydrogens is 448 g/mol. The maximum atomic E-state index is 12.9. The Morgan fingerprint density at radius 2 is 1.47 bits per heavy atom. The number of benzene rings is 2. The lowest BCUT2D eigenvalue weighted by molar-refractivity contribution is -0.124. The van der Waals surface area contributed by atoms with Crippen molar-refractivity contribution < 1.29 is 19.1 Å². The Morgan fingerprint density at radius 1 is 0.853 bits per heavy atom. The fourth-order valence-electron chi connectivity index (χ4n) is 6.43. The van der Waals surface area contributed by atoms with Crippen molar-refractivity contribution in [1.29, 1.82) is 0 Å². The van der Waals surface area contributed by atoms with E-state index in [1.165, 1.54) is 31.0 Å². The Labute approximate surface area is 204 Å². The number of nitrogens with one attached hydrogen (secondary N) is 2. The molecule has 4 bridgehead atoms. The molecule has 0 radical (unpaired) electrons. The topological polar surface area (TPSA) is 84.5 Å². The van der Waals surface area contributed by atoms with Crippen LogP contribution >= 0.6 is 11.8 Å². The van der Waals surface area contributed by atoms with Crippen molar-refractivity contribution in [3.05, 3.63) is 60.2 Å². The van der Waals surface area contributed by atoms with E-state index in [1.807, 2.05) is 30.3 Å². The summed E-state index contributed by atoms with van der Waals surface area (Å²) in [5.74, 6) is 1.61. The molecule has 0 heterocycles. The summed E-state index contributed by atoms with van der Waals surface area (Å²) in [6.45, 7) is -0.376. The summed E-state index contributed by atoms with van der Waals surface area (Å²) in [7, 11) is 0. The van der Waals surface area contributed by atoms with E-state index in [0.717, 1.165) is 37.0 Å². The summed E-state index contributed by atoms with van der Waals surface area (Å²) in [6.07, 6.45) is 7.35. The Balaban J connectivity index is 1.14. The lowest BCUT2D eigenvalue weighted by Gasteiger charge is -2.56. The molecule has 2 aromatic rings. The van der Waals surface area contributed by atoms with Gasteiger partial charge in [-0.15, -0.1) is 11.8 Å². The first kappa shape index (κ1) is 23.0. The number of amides is 2. The molecule has 2 amide bonds. The second kappa shape index (κ2) is 9.82. The number of carbonyl (C=O) groups is 3. The summed E-state index contributed by atoms with van der Waals surface area (Å²) in [5, 5.41) is 6.07. The first-order valence-corrected chi connectivity index (χ1v) is 13.0. The Bertz CT molecular complexity index is 1040. The van der Waals surface area contributed by atoms with Crippen LogP contribution in [0.3, 0.4) is 0 Å². The minimum absolute atomic E-state index is 0.0169. The van der Waals surface area contributed by atoms with Crippen molar-refractivity contribution >= 4 is 35.2 Å². The van der Waals surface area contributed by atoms with Gasteiger partial charge in [-0.1, -0.05) is 30.3 Å². The molecule has 7 heteroatoms. The van der Waals surface area contributed by atoms with Crippen molar-refractivity contribution in [2.75, 3.05) is 17.7 Å². The fourth-order valence-corrected chi connectivity index (χ4v) is 7.27. The maximum Gasteiger partial charge on any atom is 0.339 e. The molecule has 4 aliphatic carbocycles. The monoisotopic (exact) mass is 478 g/mol. The summed E-state index contributed by atoms with van der Waals surface area (Å²) in [5.41, 5.74) is 0.990. The number of thioether (sulfide) groups is 1. The minimum Gasteiger partial charge on any atom is -0.452 e. The normalized spacial score (nSPS) is 26.6. The van der Waals surface area contributed by atoms with Crippen LogP contribution in [0.5, 0.6) is 0 Å². The van der Waals surface area contributed by atoms with Gasteiger partial charge in [0.2, 0.25) is 5.91 Å². The SMILES string of the molecule is O=C(COC(=O)c1ccccc1SCC(=O)NC12CC3CC(CC(C3)C1)C2)Nc1ccccc1. The molecule has 6 rings (SSSR count). The van der Waals surface area contributed by atoms with E-state index in [2.05, 4.69) is 10.6 Å². The maximum absolute atomic E-state index is 12.9. The number of carbonyl (C=O) groups excluding carboxylic acids is 3. The molecule has 0 aliphatic heterocycles. The second-order valence-corrected chi connectivity index (χ2v) is 11.0. The quantitative estimate of drug-likeness (QED) is 0.426. The molecule has 4 fully saturated rings. The van der Waals surface area contributed by atoms with E-state index in [4.69, 9.17) is 4.74 Å². The summed E-state index contributed by atoms with van der Waals surface area (Å²) < 4.78 is 5.24. The van der Waals surface area contributed by atoms with E-state index in [0.29, 0.717) is 16.1 Å². The fraction of sp³-hybridized carbons (Fsp3) is 0.444. The highest BCUT2D eigenvalue weighted by Crippen LogP contribution is 2.55. The van der Waals surface area contributed by atoms with Gasteiger partial charge in [0, 0.05) is 16.1 Å². The van der Waals surface area contributed by atoms with E-state index < -0.39 is 11.9 Å². The predicted molar refractivity (Wildman–Crippen MR) is 132 cm³/mol. The zero-order chi connectivity index (χ0) is 23.5. The number of hydrogen-bond acceptors (Lipinski definition) is 5. The van der Waals surface area contributed by atoms with Gasteiger partial charge < -0.3 is 15.4 Å². The van der Waals surface area contributed by atoms with Crippen LogP contribution in [0.2, 0.25) is 0 Å². The van der Waals surface area contributed by atoms with Gasteiger partial charge in [-0.05, 0) is 80.5 Å². The highest BCUT2D eigenvalue weighted by Gasteiger charge is 2.51. The van der Waals surface area contributed by atoms with Crippen molar-refractivity contribution in [2.45, 2.75) is 49.0 Å². The van der Waals surface area contributed by atoms with Crippen LogP contribution in [0, 0.1) is 17.8 Å². The molecule has 0 saturated heterocycles. The third kappa shape index (κ3) is 5.30. The molecule has 34 heavy (non-hydrogen) atoms. The van der Waals surface area contributed by atoms with Crippen LogP contribution in [0.4, 0.5) is 5.69 Å². The number of esters is 1. The molecular formula is C27H30N2O4S. The summed E-state index contributed by atoms with van der Waals surface area (Å²) in [4.78, 5) is 38.3. The minimum atomic E-state index is -0.576. The smallest absolute Gasteiger partial charge is 0.339 e. The Kier molecular flexibility index (Phi) is 6.63. The zero-order valence-corrected chi connectivity index (χ0v) is 19.9. The zero-order valence-electron chi connectivity index (χ0n) is 19.1. The first-order chi connectivity index (χ1) is 16.5. The summed E-state index contributed by atoms with van der Waals surface area (Å²) in [6, 6.07) is 16.1. The molecule has 2 aromatic carbocycles. The highest BCUT2D eigenvalue weighted by molar-refractivity contribution is 8.00. The van der Waals surface area contributed by atoms with E-state index >= 15 is 0 Å². The number of ether oxygens (including phenoxy) is 1. The van der Waals surface area contributed by atoms with Crippen LogP contribution in [-0.2, 0) is 14.3 Å². The van der Waals surface area contributed by atoms with Gasteiger partial charge in [-0.3, -0.25) is 9.59 Å². The molecule has 178 valence electrons. The van der Waals surface area contributed by atoms with E-state index in [-0.39, 0.29) is 23.8 Å². The van der Waals surface area contributed by atoms with Crippen LogP contribution in [0.25, 0.3) is 0 Å². The third-order valence-corrected chi connectivity index (χ3v) is 8.37. The molecule has 0 atom stereocenters. The van der Waals surface area contributed by atoms with Crippen LogP contribution < -0.4 is 10.6 Å².